The van der Waals surface area contributed by atoms with Gasteiger partial charge in [0, 0.05) is 11.1 Å². The maximum absolute atomic E-state index is 12.3. The number of phenolic OH excluding ortho intramolecular Hbond substituents is 1. The lowest BCUT2D eigenvalue weighted by Gasteiger charge is -2.15. The summed E-state index contributed by atoms with van der Waals surface area (Å²) in [5.41, 5.74) is 16.2. The third-order valence-corrected chi connectivity index (χ3v) is 4.91. The van der Waals surface area contributed by atoms with Crippen molar-refractivity contribution in [1.82, 2.24) is 14.5 Å². The normalized spacial score (nSPS) is 11.1. The summed E-state index contributed by atoms with van der Waals surface area (Å²) in [5, 5.41) is 10.7. The van der Waals surface area contributed by atoms with Crippen LogP contribution in [0.4, 0.5) is 5.82 Å². The zero-order valence-electron chi connectivity index (χ0n) is 15.5. The number of amides is 1. The Kier molecular flexibility index (Phi) is 4.00. The van der Waals surface area contributed by atoms with Crippen LogP contribution in [0.3, 0.4) is 0 Å². The van der Waals surface area contributed by atoms with Gasteiger partial charge in [-0.2, -0.15) is 0 Å². The summed E-state index contributed by atoms with van der Waals surface area (Å²) in [6.07, 6.45) is 1.43. The third-order valence-electron chi connectivity index (χ3n) is 4.91. The zero-order chi connectivity index (χ0) is 20.0. The summed E-state index contributed by atoms with van der Waals surface area (Å²) in [6.45, 7) is 3.68. The lowest BCUT2D eigenvalue weighted by atomic mass is 10.1. The van der Waals surface area contributed by atoms with Crippen molar-refractivity contribution in [2.75, 3.05) is 5.73 Å². The smallest absolute Gasteiger partial charge is 0.253 e. The van der Waals surface area contributed by atoms with Gasteiger partial charge in [0.1, 0.15) is 17.9 Å². The van der Waals surface area contributed by atoms with Gasteiger partial charge >= 0.3 is 0 Å². The summed E-state index contributed by atoms with van der Waals surface area (Å²) in [7, 11) is 0. The van der Waals surface area contributed by atoms with Gasteiger partial charge in [-0.3, -0.25) is 9.36 Å². The first-order chi connectivity index (χ1) is 13.4. The molecule has 28 heavy (non-hydrogen) atoms. The van der Waals surface area contributed by atoms with E-state index >= 15 is 0 Å². The van der Waals surface area contributed by atoms with Crippen LogP contribution < -0.4 is 11.5 Å². The molecule has 0 atom stereocenters. The van der Waals surface area contributed by atoms with E-state index in [0.717, 1.165) is 11.1 Å². The number of aromatic hydroxyl groups is 1. The first-order valence-electron chi connectivity index (χ1n) is 8.71. The lowest BCUT2D eigenvalue weighted by Crippen LogP contribution is -2.14. The highest BCUT2D eigenvalue weighted by molar-refractivity contribution is 6.14. The fourth-order valence-electron chi connectivity index (χ4n) is 3.59. The second-order valence-electron chi connectivity index (χ2n) is 6.62. The van der Waals surface area contributed by atoms with Gasteiger partial charge in [0.05, 0.1) is 22.3 Å². The van der Waals surface area contributed by atoms with E-state index in [4.69, 9.17) is 11.5 Å². The number of fused-ring (bicyclic) bond motifs is 1. The Morgan fingerprint density at radius 1 is 1.07 bits per heavy atom. The number of rotatable bonds is 3. The van der Waals surface area contributed by atoms with Crippen LogP contribution in [-0.4, -0.2) is 25.5 Å². The Labute approximate surface area is 161 Å². The van der Waals surface area contributed by atoms with Crippen LogP contribution in [0.1, 0.15) is 21.5 Å². The number of phenols is 1. The Balaban J connectivity index is 2.19. The molecule has 0 fully saturated rings. The van der Waals surface area contributed by atoms with Crippen LogP contribution in [-0.2, 0) is 0 Å². The second-order valence-corrected chi connectivity index (χ2v) is 6.62. The molecule has 0 aliphatic carbocycles. The minimum atomic E-state index is -0.663. The molecule has 7 heteroatoms. The van der Waals surface area contributed by atoms with Gasteiger partial charge in [0.25, 0.3) is 5.91 Å². The van der Waals surface area contributed by atoms with Crippen molar-refractivity contribution in [3.8, 4) is 22.7 Å². The Bertz CT molecular complexity index is 1230. The van der Waals surface area contributed by atoms with E-state index in [9.17, 15) is 9.90 Å². The average molecular weight is 373 g/mol. The van der Waals surface area contributed by atoms with Gasteiger partial charge in [0.2, 0.25) is 0 Å². The van der Waals surface area contributed by atoms with E-state index in [2.05, 4.69) is 9.97 Å². The zero-order valence-corrected chi connectivity index (χ0v) is 15.5. The number of aromatic nitrogens is 3. The van der Waals surface area contributed by atoms with Crippen molar-refractivity contribution in [1.29, 1.82) is 0 Å². The fraction of sp³-hybridized carbons (Fsp3) is 0.0952. The molecule has 4 rings (SSSR count). The number of nitrogens with two attached hydrogens (primary N) is 2. The molecular formula is C21H19N5O2. The first-order valence-corrected chi connectivity index (χ1v) is 8.71. The summed E-state index contributed by atoms with van der Waals surface area (Å²) in [6, 6.07) is 12.9. The Hall–Kier alpha value is -3.87. The van der Waals surface area contributed by atoms with E-state index < -0.39 is 5.91 Å². The van der Waals surface area contributed by atoms with Crippen molar-refractivity contribution in [2.45, 2.75) is 13.8 Å². The van der Waals surface area contributed by atoms with E-state index in [1.54, 1.807) is 23.6 Å². The second kappa shape index (κ2) is 6.38. The molecule has 0 aliphatic rings. The van der Waals surface area contributed by atoms with Crippen molar-refractivity contribution in [2.24, 2.45) is 5.73 Å². The number of nitrogen functional groups attached to an aromatic ring is 1. The number of carbonyl (C=O) groups is 1. The predicted octanol–water partition coefficient (Wildman–Crippen LogP) is 3.09. The van der Waals surface area contributed by atoms with Crippen molar-refractivity contribution < 1.29 is 9.90 Å². The highest BCUT2D eigenvalue weighted by Gasteiger charge is 2.26. The molecule has 0 saturated carbocycles. The maximum Gasteiger partial charge on any atom is 0.253 e. The van der Waals surface area contributed by atoms with Crippen molar-refractivity contribution in [3.05, 3.63) is 65.5 Å². The molecule has 0 bridgehead atoms. The predicted molar refractivity (Wildman–Crippen MR) is 108 cm³/mol. The molecule has 0 radical (unpaired) electrons. The molecule has 0 spiro atoms. The highest BCUT2D eigenvalue weighted by Crippen LogP contribution is 2.38. The molecule has 4 aromatic rings. The van der Waals surface area contributed by atoms with Crippen molar-refractivity contribution >= 4 is 22.8 Å². The third kappa shape index (κ3) is 2.48. The number of hydrogen-bond donors (Lipinski definition) is 3. The molecule has 0 aliphatic heterocycles. The van der Waals surface area contributed by atoms with Crippen molar-refractivity contribution in [3.63, 3.8) is 0 Å². The molecule has 5 N–H and O–H groups in total. The summed E-state index contributed by atoms with van der Waals surface area (Å²) >= 11 is 0. The lowest BCUT2D eigenvalue weighted by molar-refractivity contribution is 0.100. The van der Waals surface area contributed by atoms with Crippen LogP contribution in [0.25, 0.3) is 28.0 Å². The number of aryl methyl sites for hydroxylation is 1. The average Bonchev–Trinajstić information content (AvgIpc) is 2.98. The first kappa shape index (κ1) is 17.5. The van der Waals surface area contributed by atoms with Crippen LogP contribution >= 0.6 is 0 Å². The van der Waals surface area contributed by atoms with Gasteiger partial charge in [-0.15, -0.1) is 0 Å². The minimum Gasteiger partial charge on any atom is -0.508 e. The fourth-order valence-corrected chi connectivity index (χ4v) is 3.59. The molecule has 7 nitrogen and oxygen atoms in total. The van der Waals surface area contributed by atoms with Gasteiger partial charge in [-0.05, 0) is 25.5 Å². The summed E-state index contributed by atoms with van der Waals surface area (Å²) < 4.78 is 1.66. The van der Waals surface area contributed by atoms with Crippen LogP contribution in [0, 0.1) is 13.8 Å². The number of benzene rings is 2. The Morgan fingerprint density at radius 2 is 1.79 bits per heavy atom. The van der Waals surface area contributed by atoms with E-state index in [-0.39, 0.29) is 17.1 Å². The largest absolute Gasteiger partial charge is 0.508 e. The Morgan fingerprint density at radius 3 is 2.46 bits per heavy atom. The van der Waals surface area contributed by atoms with Gasteiger partial charge < -0.3 is 16.6 Å². The maximum atomic E-state index is 12.3. The quantitative estimate of drug-likeness (QED) is 0.510. The topological polar surface area (TPSA) is 120 Å². The molecule has 0 saturated heterocycles. The van der Waals surface area contributed by atoms with Crippen LogP contribution in [0.15, 0.2) is 48.8 Å². The number of hydrogen-bond acceptors (Lipinski definition) is 5. The molecule has 2 aromatic heterocycles. The molecule has 140 valence electrons. The monoisotopic (exact) mass is 373 g/mol. The summed E-state index contributed by atoms with van der Waals surface area (Å²) in [4.78, 5) is 21.1. The number of carbonyl (C=O) groups excluding carboxylic acids is 1. The summed E-state index contributed by atoms with van der Waals surface area (Å²) in [5.74, 6) is -0.375. The van der Waals surface area contributed by atoms with Gasteiger partial charge in [-0.1, -0.05) is 36.4 Å². The number of anilines is 1. The standard InChI is InChI=1S/C21H19N5O2/c1-11-8-9-14(27)12(2)18(11)26-19(22)16(20(23)28)15-17(24-10-25-21(15)26)13-6-4-3-5-7-13/h3-10,27H,22H2,1-2H3,(H2,23,28). The molecule has 2 aromatic carbocycles. The van der Waals surface area contributed by atoms with E-state index in [1.165, 1.54) is 6.33 Å². The number of nitrogens with zero attached hydrogens (tertiary/aromatic N) is 3. The molecular weight excluding hydrogens is 354 g/mol. The van der Waals surface area contributed by atoms with E-state index in [1.807, 2.05) is 37.3 Å². The van der Waals surface area contributed by atoms with Crippen LogP contribution in [0.5, 0.6) is 5.75 Å². The number of primary amides is 1. The molecule has 1 amide bonds. The molecule has 0 unspecified atom stereocenters. The molecule has 2 heterocycles. The van der Waals surface area contributed by atoms with E-state index in [0.29, 0.717) is 28.0 Å². The minimum absolute atomic E-state index is 0.125. The SMILES string of the molecule is Cc1ccc(O)c(C)c1-n1c(N)c(C(N)=O)c2c(-c3ccccc3)ncnc21. The van der Waals surface area contributed by atoms with Gasteiger partial charge in [0.15, 0.2) is 5.65 Å². The van der Waals surface area contributed by atoms with Crippen LogP contribution in [0.2, 0.25) is 0 Å². The van der Waals surface area contributed by atoms with Gasteiger partial charge in [-0.25, -0.2) is 9.97 Å². The highest BCUT2D eigenvalue weighted by atomic mass is 16.3.